The SMILES string of the molecule is CCCNc1nc(CC)nc(NC2(C)CCOC2C)c1C. The lowest BCUT2D eigenvalue weighted by Gasteiger charge is -2.30. The summed E-state index contributed by atoms with van der Waals surface area (Å²) >= 11 is 0. The number of nitrogens with zero attached hydrogens (tertiary/aromatic N) is 2. The molecule has 0 aliphatic carbocycles. The fourth-order valence-corrected chi connectivity index (χ4v) is 2.53. The second-order valence-electron chi connectivity index (χ2n) is 6.05. The first-order chi connectivity index (χ1) is 10.00. The van der Waals surface area contributed by atoms with Gasteiger partial charge in [-0.25, -0.2) is 9.97 Å². The van der Waals surface area contributed by atoms with Crippen molar-refractivity contribution in [3.8, 4) is 0 Å². The van der Waals surface area contributed by atoms with Gasteiger partial charge in [0, 0.05) is 25.1 Å². The molecule has 0 spiro atoms. The minimum Gasteiger partial charge on any atom is -0.376 e. The lowest BCUT2D eigenvalue weighted by atomic mass is 9.94. The Morgan fingerprint density at radius 1 is 1.29 bits per heavy atom. The number of nitrogens with one attached hydrogen (secondary N) is 2. The molecule has 5 heteroatoms. The highest BCUT2D eigenvalue weighted by atomic mass is 16.5. The van der Waals surface area contributed by atoms with Crippen molar-refractivity contribution >= 4 is 11.6 Å². The number of rotatable bonds is 6. The molecule has 21 heavy (non-hydrogen) atoms. The molecular formula is C16H28N4O. The van der Waals surface area contributed by atoms with Gasteiger partial charge in [-0.15, -0.1) is 0 Å². The van der Waals surface area contributed by atoms with Crippen molar-refractivity contribution in [3.63, 3.8) is 0 Å². The maximum atomic E-state index is 5.71. The Morgan fingerprint density at radius 2 is 2.00 bits per heavy atom. The molecule has 1 aromatic rings. The third-order valence-corrected chi connectivity index (χ3v) is 4.34. The van der Waals surface area contributed by atoms with E-state index in [-0.39, 0.29) is 11.6 Å². The van der Waals surface area contributed by atoms with Crippen LogP contribution in [0.5, 0.6) is 0 Å². The van der Waals surface area contributed by atoms with Crippen molar-refractivity contribution in [2.75, 3.05) is 23.8 Å². The summed E-state index contributed by atoms with van der Waals surface area (Å²) in [6, 6.07) is 0. The van der Waals surface area contributed by atoms with Crippen LogP contribution in [0, 0.1) is 6.92 Å². The average molecular weight is 292 g/mol. The molecule has 2 unspecified atom stereocenters. The number of aryl methyl sites for hydroxylation is 1. The van der Waals surface area contributed by atoms with Crippen LogP contribution in [-0.4, -0.2) is 34.8 Å². The Morgan fingerprint density at radius 3 is 2.57 bits per heavy atom. The van der Waals surface area contributed by atoms with Crippen LogP contribution in [0.4, 0.5) is 11.6 Å². The summed E-state index contributed by atoms with van der Waals surface area (Å²) in [5, 5.41) is 7.01. The topological polar surface area (TPSA) is 59.1 Å². The molecule has 1 saturated heterocycles. The summed E-state index contributed by atoms with van der Waals surface area (Å²) in [6.45, 7) is 12.4. The third kappa shape index (κ3) is 3.46. The molecule has 2 heterocycles. The molecule has 2 atom stereocenters. The smallest absolute Gasteiger partial charge is 0.135 e. The number of hydrogen-bond donors (Lipinski definition) is 2. The van der Waals surface area contributed by atoms with Crippen molar-refractivity contribution < 1.29 is 4.74 Å². The molecule has 0 radical (unpaired) electrons. The molecule has 1 aliphatic heterocycles. The van der Waals surface area contributed by atoms with Gasteiger partial charge in [-0.3, -0.25) is 0 Å². The Labute approximate surface area is 127 Å². The minimum atomic E-state index is -0.0633. The molecular weight excluding hydrogens is 264 g/mol. The van der Waals surface area contributed by atoms with Crippen LogP contribution in [0.2, 0.25) is 0 Å². The van der Waals surface area contributed by atoms with Gasteiger partial charge in [-0.2, -0.15) is 0 Å². The number of ether oxygens (including phenoxy) is 1. The highest BCUT2D eigenvalue weighted by Gasteiger charge is 2.37. The first-order valence-electron chi connectivity index (χ1n) is 8.01. The summed E-state index contributed by atoms with van der Waals surface area (Å²) in [5.74, 6) is 2.75. The summed E-state index contributed by atoms with van der Waals surface area (Å²) in [4.78, 5) is 9.30. The highest BCUT2D eigenvalue weighted by Crippen LogP contribution is 2.31. The van der Waals surface area contributed by atoms with Crippen LogP contribution < -0.4 is 10.6 Å². The predicted octanol–water partition coefficient (Wildman–Crippen LogP) is 3.15. The van der Waals surface area contributed by atoms with Crippen molar-refractivity contribution in [2.45, 2.75) is 65.5 Å². The molecule has 118 valence electrons. The second kappa shape index (κ2) is 6.60. The highest BCUT2D eigenvalue weighted by molar-refractivity contribution is 5.58. The molecule has 0 amide bonds. The molecule has 1 aliphatic rings. The van der Waals surface area contributed by atoms with E-state index in [2.05, 4.69) is 55.2 Å². The van der Waals surface area contributed by atoms with Crippen LogP contribution in [0.1, 0.15) is 51.9 Å². The lowest BCUT2D eigenvalue weighted by Crippen LogP contribution is -2.41. The first kappa shape index (κ1) is 16.0. The van der Waals surface area contributed by atoms with Crippen molar-refractivity contribution in [3.05, 3.63) is 11.4 Å². The number of anilines is 2. The number of hydrogen-bond acceptors (Lipinski definition) is 5. The maximum absolute atomic E-state index is 5.71. The molecule has 1 fully saturated rings. The van der Waals surface area contributed by atoms with Gasteiger partial charge in [0.05, 0.1) is 11.6 Å². The van der Waals surface area contributed by atoms with E-state index in [1.54, 1.807) is 0 Å². The average Bonchev–Trinajstić information content (AvgIpc) is 2.79. The quantitative estimate of drug-likeness (QED) is 0.843. The number of aromatic nitrogens is 2. The largest absolute Gasteiger partial charge is 0.376 e. The summed E-state index contributed by atoms with van der Waals surface area (Å²) in [5.41, 5.74) is 1.02. The van der Waals surface area contributed by atoms with Gasteiger partial charge < -0.3 is 15.4 Å². The zero-order valence-electron chi connectivity index (χ0n) is 13.9. The normalized spacial score (nSPS) is 25.1. The van der Waals surface area contributed by atoms with E-state index in [4.69, 9.17) is 4.74 Å². The Bertz CT molecular complexity index is 491. The van der Waals surface area contributed by atoms with Gasteiger partial charge >= 0.3 is 0 Å². The molecule has 2 N–H and O–H groups in total. The molecule has 0 aromatic carbocycles. The van der Waals surface area contributed by atoms with E-state index < -0.39 is 0 Å². The second-order valence-corrected chi connectivity index (χ2v) is 6.05. The van der Waals surface area contributed by atoms with Gasteiger partial charge in [0.25, 0.3) is 0 Å². The standard InChI is InChI=1S/C16H28N4O/c1-6-9-17-14-11(3)15(19-13(7-2)18-14)20-16(5)8-10-21-12(16)4/h12H,6-10H2,1-5H3,(H2,17,18,19,20). The van der Waals surface area contributed by atoms with Crippen LogP contribution in [0.15, 0.2) is 0 Å². The molecule has 5 nitrogen and oxygen atoms in total. The summed E-state index contributed by atoms with van der Waals surface area (Å²) < 4.78 is 5.71. The maximum Gasteiger partial charge on any atom is 0.135 e. The Balaban J connectivity index is 2.29. The van der Waals surface area contributed by atoms with Gasteiger partial charge in [0.1, 0.15) is 17.5 Å². The van der Waals surface area contributed by atoms with E-state index in [9.17, 15) is 0 Å². The van der Waals surface area contributed by atoms with E-state index in [0.29, 0.717) is 0 Å². The summed E-state index contributed by atoms with van der Waals surface area (Å²) in [7, 11) is 0. The monoisotopic (exact) mass is 292 g/mol. The molecule has 0 bridgehead atoms. The van der Waals surface area contributed by atoms with Crippen LogP contribution in [0.25, 0.3) is 0 Å². The van der Waals surface area contributed by atoms with E-state index in [1.165, 1.54) is 0 Å². The zero-order chi connectivity index (χ0) is 15.5. The third-order valence-electron chi connectivity index (χ3n) is 4.34. The van der Waals surface area contributed by atoms with Gasteiger partial charge in [-0.1, -0.05) is 13.8 Å². The van der Waals surface area contributed by atoms with E-state index in [0.717, 1.165) is 55.4 Å². The fourth-order valence-electron chi connectivity index (χ4n) is 2.53. The van der Waals surface area contributed by atoms with Crippen LogP contribution in [0.3, 0.4) is 0 Å². The van der Waals surface area contributed by atoms with Crippen molar-refractivity contribution in [1.82, 2.24) is 9.97 Å². The fraction of sp³-hybridized carbons (Fsp3) is 0.750. The van der Waals surface area contributed by atoms with E-state index >= 15 is 0 Å². The van der Waals surface area contributed by atoms with E-state index in [1.807, 2.05) is 0 Å². The first-order valence-corrected chi connectivity index (χ1v) is 8.01. The Hall–Kier alpha value is -1.36. The van der Waals surface area contributed by atoms with Crippen molar-refractivity contribution in [2.24, 2.45) is 0 Å². The summed E-state index contributed by atoms with van der Waals surface area (Å²) in [6.07, 6.45) is 3.09. The minimum absolute atomic E-state index is 0.0633. The predicted molar refractivity (Wildman–Crippen MR) is 87.0 cm³/mol. The molecule has 0 saturated carbocycles. The van der Waals surface area contributed by atoms with Crippen LogP contribution in [-0.2, 0) is 11.2 Å². The van der Waals surface area contributed by atoms with Crippen molar-refractivity contribution in [1.29, 1.82) is 0 Å². The lowest BCUT2D eigenvalue weighted by molar-refractivity contribution is 0.105. The zero-order valence-corrected chi connectivity index (χ0v) is 13.9. The molecule has 2 rings (SSSR count). The Kier molecular flexibility index (Phi) is 5.04. The van der Waals surface area contributed by atoms with Gasteiger partial charge in [0.15, 0.2) is 0 Å². The molecule has 1 aromatic heterocycles. The van der Waals surface area contributed by atoms with Gasteiger partial charge in [-0.05, 0) is 33.6 Å². The van der Waals surface area contributed by atoms with Crippen LogP contribution >= 0.6 is 0 Å². The van der Waals surface area contributed by atoms with Gasteiger partial charge in [0.2, 0.25) is 0 Å².